The van der Waals surface area contributed by atoms with Crippen LogP contribution < -0.4 is 5.32 Å². The lowest BCUT2D eigenvalue weighted by Crippen LogP contribution is -2.33. The van der Waals surface area contributed by atoms with Gasteiger partial charge in [-0.2, -0.15) is 0 Å². The number of nitrogens with one attached hydrogen (secondary N) is 1. The molecule has 0 bridgehead atoms. The maximum atomic E-state index is 6.25. The van der Waals surface area contributed by atoms with Crippen LogP contribution in [0.4, 0.5) is 0 Å². The van der Waals surface area contributed by atoms with Crippen LogP contribution in [-0.4, -0.2) is 25.8 Å². The van der Waals surface area contributed by atoms with E-state index in [0.29, 0.717) is 12.0 Å². The smallest absolute Gasteiger partial charge is 0.0495 e. The second-order valence-electron chi connectivity index (χ2n) is 5.16. The molecule has 0 radical (unpaired) electrons. The average molecular weight is 302 g/mol. The van der Waals surface area contributed by atoms with Gasteiger partial charge in [0.15, 0.2) is 0 Å². The number of benzene rings is 1. The molecular formula is C15H21Cl2NO. The van der Waals surface area contributed by atoms with Gasteiger partial charge >= 0.3 is 0 Å². The van der Waals surface area contributed by atoms with Gasteiger partial charge in [-0.3, -0.25) is 0 Å². The molecule has 19 heavy (non-hydrogen) atoms. The monoisotopic (exact) mass is 301 g/mol. The molecule has 106 valence electrons. The predicted molar refractivity (Wildman–Crippen MR) is 81.2 cm³/mol. The topological polar surface area (TPSA) is 21.3 Å². The predicted octanol–water partition coefficient (Wildman–Crippen LogP) is 3.94. The lowest BCUT2D eigenvalue weighted by molar-refractivity contribution is 0.181. The molecule has 0 amide bonds. The van der Waals surface area contributed by atoms with Crippen molar-refractivity contribution in [3.05, 3.63) is 33.8 Å². The third kappa shape index (κ3) is 4.64. The highest BCUT2D eigenvalue weighted by Crippen LogP contribution is 2.25. The van der Waals surface area contributed by atoms with Gasteiger partial charge in [-0.05, 0) is 55.5 Å². The Bertz CT molecular complexity index is 405. The zero-order valence-corrected chi connectivity index (χ0v) is 12.8. The van der Waals surface area contributed by atoms with Crippen LogP contribution in [0, 0.1) is 5.92 Å². The Hall–Kier alpha value is -0.280. The molecular weight excluding hydrogens is 281 g/mol. The van der Waals surface area contributed by atoms with Crippen LogP contribution >= 0.6 is 23.2 Å². The van der Waals surface area contributed by atoms with Gasteiger partial charge in [0.1, 0.15) is 0 Å². The molecule has 2 nitrogen and oxygen atoms in total. The van der Waals surface area contributed by atoms with E-state index < -0.39 is 0 Å². The molecule has 1 aromatic carbocycles. The van der Waals surface area contributed by atoms with Crippen LogP contribution in [0.5, 0.6) is 0 Å². The zero-order chi connectivity index (χ0) is 13.7. The van der Waals surface area contributed by atoms with Crippen molar-refractivity contribution in [2.75, 3.05) is 19.8 Å². The third-order valence-electron chi connectivity index (χ3n) is 3.61. The van der Waals surface area contributed by atoms with E-state index in [2.05, 4.69) is 12.2 Å². The summed E-state index contributed by atoms with van der Waals surface area (Å²) in [6.45, 7) is 4.90. The van der Waals surface area contributed by atoms with Gasteiger partial charge in [-0.25, -0.2) is 0 Å². The Morgan fingerprint density at radius 2 is 2.26 bits per heavy atom. The molecule has 1 heterocycles. The normalized spacial score (nSPS) is 20.7. The third-order valence-corrected chi connectivity index (χ3v) is 4.21. The van der Waals surface area contributed by atoms with Gasteiger partial charge in [-0.1, -0.05) is 30.1 Å². The maximum absolute atomic E-state index is 6.25. The Labute approximate surface area is 125 Å². The molecule has 4 heteroatoms. The van der Waals surface area contributed by atoms with E-state index in [0.717, 1.165) is 48.2 Å². The summed E-state index contributed by atoms with van der Waals surface area (Å²) in [6, 6.07) is 6.12. The van der Waals surface area contributed by atoms with Gasteiger partial charge in [-0.15, -0.1) is 0 Å². The molecule has 0 aliphatic carbocycles. The van der Waals surface area contributed by atoms with E-state index in [9.17, 15) is 0 Å². The summed E-state index contributed by atoms with van der Waals surface area (Å²) in [5, 5.41) is 5.10. The van der Waals surface area contributed by atoms with Crippen LogP contribution in [0.15, 0.2) is 18.2 Å². The zero-order valence-electron chi connectivity index (χ0n) is 11.3. The molecule has 0 saturated carbocycles. The van der Waals surface area contributed by atoms with Crippen LogP contribution in [0.2, 0.25) is 10.0 Å². The first kappa shape index (κ1) is 15.1. The molecule has 1 fully saturated rings. The van der Waals surface area contributed by atoms with E-state index in [1.807, 2.05) is 18.2 Å². The van der Waals surface area contributed by atoms with E-state index in [-0.39, 0.29) is 0 Å². The minimum Gasteiger partial charge on any atom is -0.381 e. The second-order valence-corrected chi connectivity index (χ2v) is 6.00. The van der Waals surface area contributed by atoms with E-state index >= 15 is 0 Å². The molecule has 2 atom stereocenters. The minimum atomic E-state index is 0.438. The first-order valence-corrected chi connectivity index (χ1v) is 7.69. The Kier molecular flexibility index (Phi) is 5.96. The lowest BCUT2D eigenvalue weighted by atomic mass is 9.94. The van der Waals surface area contributed by atoms with Gasteiger partial charge in [0.25, 0.3) is 0 Å². The SMILES string of the molecule is CCNC(Cc1cc(Cl)ccc1Cl)CC1CCOC1. The van der Waals surface area contributed by atoms with E-state index in [1.165, 1.54) is 6.42 Å². The van der Waals surface area contributed by atoms with Crippen molar-refractivity contribution in [3.8, 4) is 0 Å². The molecule has 2 rings (SSSR count). The van der Waals surface area contributed by atoms with Crippen molar-refractivity contribution >= 4 is 23.2 Å². The summed E-state index contributed by atoms with van der Waals surface area (Å²) in [5.41, 5.74) is 1.12. The standard InChI is InChI=1S/C15H21Cl2NO/c1-2-18-14(7-11-5-6-19-10-11)9-12-8-13(16)3-4-15(12)17/h3-4,8,11,14,18H,2,5-7,9-10H2,1H3. The number of halogens is 2. The number of ether oxygens (including phenoxy) is 1. The van der Waals surface area contributed by atoms with Crippen LogP contribution in [-0.2, 0) is 11.2 Å². The van der Waals surface area contributed by atoms with E-state index in [4.69, 9.17) is 27.9 Å². The fourth-order valence-corrected chi connectivity index (χ4v) is 3.05. The van der Waals surface area contributed by atoms with Crippen molar-refractivity contribution in [3.63, 3.8) is 0 Å². The first-order chi connectivity index (χ1) is 9.19. The highest BCUT2D eigenvalue weighted by atomic mass is 35.5. The summed E-state index contributed by atoms with van der Waals surface area (Å²) < 4.78 is 5.45. The van der Waals surface area contributed by atoms with Gasteiger partial charge in [0, 0.05) is 29.3 Å². The highest BCUT2D eigenvalue weighted by Gasteiger charge is 2.21. The minimum absolute atomic E-state index is 0.438. The van der Waals surface area contributed by atoms with Crippen LogP contribution in [0.3, 0.4) is 0 Å². The summed E-state index contributed by atoms with van der Waals surface area (Å²) >= 11 is 12.3. The van der Waals surface area contributed by atoms with Gasteiger partial charge < -0.3 is 10.1 Å². The molecule has 1 N–H and O–H groups in total. The molecule has 0 spiro atoms. The van der Waals surface area contributed by atoms with Crippen LogP contribution in [0.1, 0.15) is 25.3 Å². The molecule has 2 unspecified atom stereocenters. The average Bonchev–Trinajstić information content (AvgIpc) is 2.87. The highest BCUT2D eigenvalue weighted by molar-refractivity contribution is 6.33. The number of hydrogen-bond donors (Lipinski definition) is 1. The summed E-state index contributed by atoms with van der Waals surface area (Å²) in [4.78, 5) is 0. The molecule has 1 saturated heterocycles. The molecule has 0 aromatic heterocycles. The van der Waals surface area contributed by atoms with Crippen LogP contribution in [0.25, 0.3) is 0 Å². The van der Waals surface area contributed by atoms with Gasteiger partial charge in [0.2, 0.25) is 0 Å². The van der Waals surface area contributed by atoms with Crippen molar-refractivity contribution < 1.29 is 4.74 Å². The lowest BCUT2D eigenvalue weighted by Gasteiger charge is -2.21. The van der Waals surface area contributed by atoms with E-state index in [1.54, 1.807) is 0 Å². The molecule has 1 aliphatic rings. The molecule has 1 aromatic rings. The second kappa shape index (κ2) is 7.49. The summed E-state index contributed by atoms with van der Waals surface area (Å²) in [7, 11) is 0. The largest absolute Gasteiger partial charge is 0.381 e. The van der Waals surface area contributed by atoms with Gasteiger partial charge in [0.05, 0.1) is 0 Å². The fourth-order valence-electron chi connectivity index (χ4n) is 2.66. The first-order valence-electron chi connectivity index (χ1n) is 6.94. The maximum Gasteiger partial charge on any atom is 0.0495 e. The van der Waals surface area contributed by atoms with Crippen molar-refractivity contribution in [1.82, 2.24) is 5.32 Å². The molecule has 1 aliphatic heterocycles. The fraction of sp³-hybridized carbons (Fsp3) is 0.600. The van der Waals surface area contributed by atoms with Crippen molar-refractivity contribution in [2.24, 2.45) is 5.92 Å². The number of hydrogen-bond acceptors (Lipinski definition) is 2. The number of rotatable bonds is 6. The van der Waals surface area contributed by atoms with Crippen molar-refractivity contribution in [2.45, 2.75) is 32.2 Å². The Balaban J connectivity index is 2.00. The quantitative estimate of drug-likeness (QED) is 0.859. The number of likely N-dealkylation sites (N-methyl/N-ethyl adjacent to an activating group) is 1. The summed E-state index contributed by atoms with van der Waals surface area (Å²) in [5.74, 6) is 0.669. The Morgan fingerprint density at radius 1 is 1.42 bits per heavy atom. The Morgan fingerprint density at radius 3 is 2.95 bits per heavy atom. The van der Waals surface area contributed by atoms with Crippen molar-refractivity contribution in [1.29, 1.82) is 0 Å². The summed E-state index contributed by atoms with van der Waals surface area (Å²) in [6.07, 6.45) is 3.23.